The fraction of sp³-hybridized carbons (Fsp3) is 0.750. The van der Waals surface area contributed by atoms with Crippen LogP contribution in [0.25, 0.3) is 0 Å². The molecule has 4 nitrogen and oxygen atoms in total. The Kier molecular flexibility index (Phi) is 3.58. The van der Waals surface area contributed by atoms with Gasteiger partial charge < -0.3 is 13.8 Å². The van der Waals surface area contributed by atoms with E-state index in [0.29, 0.717) is 25.6 Å². The molecule has 17 heavy (non-hydrogen) atoms. The fourth-order valence-electron chi connectivity index (χ4n) is 3.00. The maximum atomic E-state index is 12.8. The van der Waals surface area contributed by atoms with Crippen molar-refractivity contribution in [3.05, 3.63) is 12.2 Å². The zero-order chi connectivity index (χ0) is 12.5. The number of carbonyl (C=O) groups excluding carboxylic acids is 1. The standard InChI is InChI=1S/C12H19O4P/c1-3-15-17(14,16-4-2)12(9-13)8-10-5-6-11(12)7-10/h5-6,9-11H,3-4,7-8H2,1-2H3/t10-,11+,12-/m0/s1. The van der Waals surface area contributed by atoms with Crippen LogP contribution in [-0.2, 0) is 18.4 Å². The summed E-state index contributed by atoms with van der Waals surface area (Å²) < 4.78 is 23.6. The van der Waals surface area contributed by atoms with Gasteiger partial charge in [-0.05, 0) is 32.6 Å². The lowest BCUT2D eigenvalue weighted by Crippen LogP contribution is -2.37. The van der Waals surface area contributed by atoms with E-state index in [1.165, 1.54) is 0 Å². The molecule has 1 fully saturated rings. The number of allylic oxidation sites excluding steroid dienone is 2. The Morgan fingerprint density at radius 2 is 2.00 bits per heavy atom. The van der Waals surface area contributed by atoms with E-state index >= 15 is 0 Å². The minimum absolute atomic E-state index is 0.00827. The van der Waals surface area contributed by atoms with Crippen molar-refractivity contribution in [3.8, 4) is 0 Å². The molecule has 2 bridgehead atoms. The maximum absolute atomic E-state index is 12.8. The SMILES string of the molecule is CCOP(=O)(OCC)[C@]1(C=O)C[C@H]2C=C[C@@H]1C2. The van der Waals surface area contributed by atoms with Crippen molar-refractivity contribution < 1.29 is 18.4 Å². The highest BCUT2D eigenvalue weighted by Gasteiger charge is 2.61. The zero-order valence-electron chi connectivity index (χ0n) is 10.3. The van der Waals surface area contributed by atoms with E-state index in [4.69, 9.17) is 9.05 Å². The summed E-state index contributed by atoms with van der Waals surface area (Å²) in [6.45, 7) is 4.14. The van der Waals surface area contributed by atoms with E-state index in [1.807, 2.05) is 6.08 Å². The largest absolute Gasteiger partial charge is 0.344 e. The molecule has 0 aliphatic heterocycles. The van der Waals surface area contributed by atoms with Crippen LogP contribution in [0.3, 0.4) is 0 Å². The van der Waals surface area contributed by atoms with Gasteiger partial charge in [0, 0.05) is 5.92 Å². The molecule has 0 aromatic rings. The Bertz CT molecular complexity index is 369. The summed E-state index contributed by atoms with van der Waals surface area (Å²) in [5.74, 6) is 0.355. The molecular formula is C12H19O4P. The molecule has 0 heterocycles. The molecule has 5 heteroatoms. The summed E-state index contributed by atoms with van der Waals surface area (Å²) in [6, 6.07) is 0. The minimum atomic E-state index is -3.36. The van der Waals surface area contributed by atoms with Crippen LogP contribution in [0.15, 0.2) is 12.2 Å². The van der Waals surface area contributed by atoms with Gasteiger partial charge in [0.15, 0.2) is 0 Å². The molecule has 1 saturated carbocycles. The van der Waals surface area contributed by atoms with Crippen molar-refractivity contribution in [3.63, 3.8) is 0 Å². The summed E-state index contributed by atoms with van der Waals surface area (Å²) in [4.78, 5) is 11.5. The lowest BCUT2D eigenvalue weighted by atomic mass is 9.94. The molecule has 0 aromatic heterocycles. The molecule has 0 N–H and O–H groups in total. The average Bonchev–Trinajstić information content (AvgIpc) is 2.89. The number of aldehydes is 1. The van der Waals surface area contributed by atoms with E-state index in [9.17, 15) is 9.36 Å². The van der Waals surface area contributed by atoms with Crippen LogP contribution in [0.2, 0.25) is 0 Å². The molecule has 3 atom stereocenters. The summed E-state index contributed by atoms with van der Waals surface area (Å²) in [6.07, 6.45) is 6.40. The normalized spacial score (nSPS) is 35.4. The lowest BCUT2D eigenvalue weighted by Gasteiger charge is -2.35. The number of carbonyl (C=O) groups is 1. The smallest absolute Gasteiger partial charge is 0.308 e. The van der Waals surface area contributed by atoms with Crippen LogP contribution in [0.5, 0.6) is 0 Å². The van der Waals surface area contributed by atoms with E-state index < -0.39 is 12.8 Å². The predicted octanol–water partition coefficient (Wildman–Crippen LogP) is 2.79. The maximum Gasteiger partial charge on any atom is 0.344 e. The summed E-state index contributed by atoms with van der Waals surface area (Å²) in [5.41, 5.74) is 0. The topological polar surface area (TPSA) is 52.6 Å². The molecule has 2 rings (SSSR count). The number of rotatable bonds is 6. The van der Waals surface area contributed by atoms with Crippen LogP contribution in [0, 0.1) is 11.8 Å². The van der Waals surface area contributed by atoms with E-state index in [0.717, 1.165) is 12.7 Å². The third-order valence-corrected chi connectivity index (χ3v) is 6.55. The third-order valence-electron chi connectivity index (χ3n) is 3.72. The molecule has 0 amide bonds. The van der Waals surface area contributed by atoms with E-state index in [1.54, 1.807) is 13.8 Å². The average molecular weight is 258 g/mol. The summed E-state index contributed by atoms with van der Waals surface area (Å²) in [5, 5.41) is -0.946. The van der Waals surface area contributed by atoms with Gasteiger partial charge in [0.05, 0.1) is 13.2 Å². The molecular weight excluding hydrogens is 239 g/mol. The first-order valence-electron chi connectivity index (χ1n) is 6.15. The van der Waals surface area contributed by atoms with Gasteiger partial charge in [0.2, 0.25) is 0 Å². The predicted molar refractivity (Wildman–Crippen MR) is 65.0 cm³/mol. The van der Waals surface area contributed by atoms with E-state index in [-0.39, 0.29) is 5.92 Å². The van der Waals surface area contributed by atoms with Gasteiger partial charge in [-0.25, -0.2) is 0 Å². The Morgan fingerprint density at radius 3 is 2.35 bits per heavy atom. The van der Waals surface area contributed by atoms with Gasteiger partial charge >= 0.3 is 7.60 Å². The van der Waals surface area contributed by atoms with Crippen molar-refractivity contribution in [1.82, 2.24) is 0 Å². The summed E-state index contributed by atoms with van der Waals surface area (Å²) in [7, 11) is -3.36. The second-order valence-electron chi connectivity index (χ2n) is 4.63. The molecule has 2 aliphatic carbocycles. The van der Waals surface area contributed by atoms with Crippen molar-refractivity contribution >= 4 is 13.9 Å². The monoisotopic (exact) mass is 258 g/mol. The first-order chi connectivity index (χ1) is 8.12. The minimum Gasteiger partial charge on any atom is -0.308 e. The van der Waals surface area contributed by atoms with Crippen LogP contribution >= 0.6 is 7.60 Å². The molecule has 0 radical (unpaired) electrons. The van der Waals surface area contributed by atoms with Crippen LogP contribution in [0.4, 0.5) is 0 Å². The number of fused-ring (bicyclic) bond motifs is 2. The Balaban J connectivity index is 2.36. The lowest BCUT2D eigenvalue weighted by molar-refractivity contribution is -0.111. The van der Waals surface area contributed by atoms with Crippen LogP contribution in [0.1, 0.15) is 26.7 Å². The van der Waals surface area contributed by atoms with Crippen LogP contribution < -0.4 is 0 Å². The van der Waals surface area contributed by atoms with Gasteiger partial charge in [-0.2, -0.15) is 0 Å². The molecule has 0 saturated heterocycles. The highest BCUT2D eigenvalue weighted by atomic mass is 31.2. The van der Waals surface area contributed by atoms with Gasteiger partial charge in [0.1, 0.15) is 11.4 Å². The fourth-order valence-corrected chi connectivity index (χ4v) is 5.42. The Morgan fingerprint density at radius 1 is 1.35 bits per heavy atom. The molecule has 0 unspecified atom stereocenters. The van der Waals surface area contributed by atoms with Crippen molar-refractivity contribution in [1.29, 1.82) is 0 Å². The zero-order valence-corrected chi connectivity index (χ0v) is 11.2. The Labute approximate surface area is 102 Å². The quantitative estimate of drug-likeness (QED) is 0.417. The van der Waals surface area contributed by atoms with Crippen LogP contribution in [-0.4, -0.2) is 24.7 Å². The van der Waals surface area contributed by atoms with Gasteiger partial charge in [0.25, 0.3) is 0 Å². The molecule has 0 aromatic carbocycles. The highest BCUT2D eigenvalue weighted by Crippen LogP contribution is 2.69. The van der Waals surface area contributed by atoms with Gasteiger partial charge in [-0.1, -0.05) is 12.2 Å². The molecule has 2 aliphatic rings. The third kappa shape index (κ3) is 1.83. The van der Waals surface area contributed by atoms with E-state index in [2.05, 4.69) is 6.08 Å². The summed E-state index contributed by atoms with van der Waals surface area (Å²) >= 11 is 0. The van der Waals surface area contributed by atoms with Crippen molar-refractivity contribution in [2.45, 2.75) is 31.8 Å². The van der Waals surface area contributed by atoms with Gasteiger partial charge in [-0.3, -0.25) is 4.57 Å². The number of hydrogen-bond acceptors (Lipinski definition) is 4. The Hall–Kier alpha value is -0.440. The highest BCUT2D eigenvalue weighted by molar-refractivity contribution is 7.56. The van der Waals surface area contributed by atoms with Gasteiger partial charge in [-0.15, -0.1) is 0 Å². The second-order valence-corrected chi connectivity index (χ2v) is 6.98. The van der Waals surface area contributed by atoms with Crippen molar-refractivity contribution in [2.24, 2.45) is 11.8 Å². The van der Waals surface area contributed by atoms with Crippen molar-refractivity contribution in [2.75, 3.05) is 13.2 Å². The number of hydrogen-bond donors (Lipinski definition) is 0. The second kappa shape index (κ2) is 4.68. The molecule has 96 valence electrons. The first-order valence-corrected chi connectivity index (χ1v) is 7.70. The molecule has 0 spiro atoms. The first kappa shape index (κ1) is 13.0.